The van der Waals surface area contributed by atoms with Crippen LogP contribution >= 0.6 is 0 Å². The average Bonchev–Trinajstić information content (AvgIpc) is 3.30. The Morgan fingerprint density at radius 2 is 0.615 bits per heavy atom. The van der Waals surface area contributed by atoms with E-state index in [1.165, 1.54) is 141 Å². The monoisotopic (exact) mass is 905 g/mol. The van der Waals surface area contributed by atoms with E-state index in [0.717, 1.165) is 70.6 Å². The number of hydrogen-bond donors (Lipinski definition) is 0. The van der Waals surface area contributed by atoms with Crippen LogP contribution < -0.4 is 0 Å². The molecule has 0 aromatic carbocycles. The molecule has 0 aliphatic rings. The van der Waals surface area contributed by atoms with E-state index < -0.39 is 6.10 Å². The third-order valence-corrected chi connectivity index (χ3v) is 11.5. The largest absolute Gasteiger partial charge is 0.462 e. The Morgan fingerprint density at radius 1 is 0.323 bits per heavy atom. The van der Waals surface area contributed by atoms with Crippen LogP contribution in [0, 0.1) is 0 Å². The van der Waals surface area contributed by atoms with Gasteiger partial charge in [-0.25, -0.2) is 0 Å². The van der Waals surface area contributed by atoms with E-state index in [0.29, 0.717) is 19.3 Å². The summed E-state index contributed by atoms with van der Waals surface area (Å²) in [5.41, 5.74) is 0. The summed E-state index contributed by atoms with van der Waals surface area (Å²) in [6.07, 6.45) is 68.5. The summed E-state index contributed by atoms with van der Waals surface area (Å²) < 4.78 is 16.8. The quantitative estimate of drug-likeness (QED) is 0.0199. The molecule has 0 saturated carbocycles. The van der Waals surface area contributed by atoms with Gasteiger partial charge in [-0.15, -0.1) is 0 Å². The van der Waals surface area contributed by atoms with Gasteiger partial charge in [-0.3, -0.25) is 14.4 Å². The van der Waals surface area contributed by atoms with Crippen LogP contribution in [0.1, 0.15) is 252 Å². The SMILES string of the molecule is CC\C=C/C=C\C=C/C=C\C=C\C=C/CCCCCC(=O)OCC(COC(=O)CCCCCCCCCCCCCCC)OC(=O)CCCCCCCCC/C=C\CCCCCCCC. The number of rotatable bonds is 48. The van der Waals surface area contributed by atoms with E-state index in [4.69, 9.17) is 14.2 Å². The van der Waals surface area contributed by atoms with Crippen LogP contribution in [0.3, 0.4) is 0 Å². The van der Waals surface area contributed by atoms with Gasteiger partial charge >= 0.3 is 17.9 Å². The zero-order valence-corrected chi connectivity index (χ0v) is 42.5. The Morgan fingerprint density at radius 3 is 1.00 bits per heavy atom. The smallest absolute Gasteiger partial charge is 0.306 e. The number of ether oxygens (including phenoxy) is 3. The summed E-state index contributed by atoms with van der Waals surface area (Å²) in [6.45, 7) is 6.46. The maximum Gasteiger partial charge on any atom is 0.306 e. The lowest BCUT2D eigenvalue weighted by atomic mass is 10.0. The number of carbonyl (C=O) groups excluding carboxylic acids is 3. The minimum atomic E-state index is -0.796. The van der Waals surface area contributed by atoms with Crippen LogP contribution in [0.15, 0.2) is 85.1 Å². The first kappa shape index (κ1) is 61.6. The first-order valence-electron chi connectivity index (χ1n) is 27.2. The lowest BCUT2D eigenvalue weighted by Crippen LogP contribution is -2.30. The van der Waals surface area contributed by atoms with Gasteiger partial charge in [0.25, 0.3) is 0 Å². The summed E-state index contributed by atoms with van der Waals surface area (Å²) in [4.78, 5) is 38.1. The van der Waals surface area contributed by atoms with Crippen molar-refractivity contribution in [3.05, 3.63) is 85.1 Å². The molecule has 0 spiro atoms. The molecule has 0 aliphatic heterocycles. The standard InChI is InChI=1S/C59H100O6/c1-4-7-10-13-16-19-22-25-27-29-31-34-37-40-43-46-49-52-58(61)64-55-56(54-63-57(60)51-48-45-42-39-36-33-24-21-18-15-12-9-6-3)65-59(62)53-50-47-44-41-38-35-32-30-28-26-23-20-17-14-11-8-5-2/h7,10,13,16,19,22,25-29,31,34,37,56H,4-6,8-9,11-12,14-15,17-18,20-21,23-24,30,32-33,35-36,38-55H2,1-3H3/b10-7-,16-13-,22-19-,27-25-,28-26-,31-29+,37-34-. The molecule has 6 nitrogen and oxygen atoms in total. The maximum absolute atomic E-state index is 12.8. The van der Waals surface area contributed by atoms with Crippen molar-refractivity contribution in [1.29, 1.82) is 0 Å². The minimum absolute atomic E-state index is 0.0912. The second-order valence-electron chi connectivity index (χ2n) is 17.9. The van der Waals surface area contributed by atoms with Gasteiger partial charge in [0.2, 0.25) is 0 Å². The van der Waals surface area contributed by atoms with E-state index in [-0.39, 0.29) is 31.1 Å². The number of esters is 3. The van der Waals surface area contributed by atoms with Crippen molar-refractivity contribution in [3.8, 4) is 0 Å². The molecule has 0 aliphatic carbocycles. The predicted molar refractivity (Wildman–Crippen MR) is 279 cm³/mol. The van der Waals surface area contributed by atoms with Crippen molar-refractivity contribution in [3.63, 3.8) is 0 Å². The molecule has 0 amide bonds. The molecule has 0 aromatic heterocycles. The highest BCUT2D eigenvalue weighted by Gasteiger charge is 2.19. The normalized spacial score (nSPS) is 12.7. The molecule has 6 heteroatoms. The van der Waals surface area contributed by atoms with E-state index in [9.17, 15) is 14.4 Å². The number of carbonyl (C=O) groups is 3. The minimum Gasteiger partial charge on any atom is -0.462 e. The number of hydrogen-bond acceptors (Lipinski definition) is 6. The lowest BCUT2D eigenvalue weighted by molar-refractivity contribution is -0.167. The fourth-order valence-electron chi connectivity index (χ4n) is 7.47. The van der Waals surface area contributed by atoms with Crippen LogP contribution in [0.5, 0.6) is 0 Å². The van der Waals surface area contributed by atoms with Gasteiger partial charge < -0.3 is 14.2 Å². The van der Waals surface area contributed by atoms with Crippen molar-refractivity contribution in [1.82, 2.24) is 0 Å². The van der Waals surface area contributed by atoms with Crippen molar-refractivity contribution in [2.45, 2.75) is 258 Å². The highest BCUT2D eigenvalue weighted by molar-refractivity contribution is 5.71. The van der Waals surface area contributed by atoms with Gasteiger partial charge in [-0.2, -0.15) is 0 Å². The number of allylic oxidation sites excluding steroid dienone is 14. The zero-order valence-electron chi connectivity index (χ0n) is 42.5. The maximum atomic E-state index is 12.8. The van der Waals surface area contributed by atoms with Crippen molar-refractivity contribution in [2.24, 2.45) is 0 Å². The molecular formula is C59H100O6. The van der Waals surface area contributed by atoms with Crippen LogP contribution in [0.2, 0.25) is 0 Å². The third kappa shape index (κ3) is 51.4. The Labute approximate surface area is 401 Å². The van der Waals surface area contributed by atoms with Gasteiger partial charge in [0.15, 0.2) is 6.10 Å². The molecule has 0 bridgehead atoms. The van der Waals surface area contributed by atoms with E-state index in [1.54, 1.807) is 0 Å². The van der Waals surface area contributed by atoms with Crippen LogP contribution in [-0.2, 0) is 28.6 Å². The molecule has 0 N–H and O–H groups in total. The highest BCUT2D eigenvalue weighted by atomic mass is 16.6. The van der Waals surface area contributed by atoms with Gasteiger partial charge in [0.05, 0.1) is 0 Å². The third-order valence-electron chi connectivity index (χ3n) is 11.5. The highest BCUT2D eigenvalue weighted by Crippen LogP contribution is 2.15. The van der Waals surface area contributed by atoms with Crippen LogP contribution in [-0.4, -0.2) is 37.2 Å². The number of unbranched alkanes of at least 4 members (excludes halogenated alkanes) is 28. The predicted octanol–water partition coefficient (Wildman–Crippen LogP) is 18.0. The molecule has 1 atom stereocenters. The lowest BCUT2D eigenvalue weighted by Gasteiger charge is -2.18. The molecule has 1 unspecified atom stereocenters. The molecule has 0 radical (unpaired) electrons. The molecule has 0 fully saturated rings. The Hall–Kier alpha value is -3.41. The molecule has 65 heavy (non-hydrogen) atoms. The van der Waals surface area contributed by atoms with E-state index in [1.807, 2.05) is 60.8 Å². The Balaban J connectivity index is 4.47. The van der Waals surface area contributed by atoms with Gasteiger partial charge in [0, 0.05) is 19.3 Å². The fourth-order valence-corrected chi connectivity index (χ4v) is 7.47. The van der Waals surface area contributed by atoms with Gasteiger partial charge in [-0.1, -0.05) is 254 Å². The molecule has 0 aromatic rings. The zero-order chi connectivity index (χ0) is 47.2. The average molecular weight is 905 g/mol. The molecule has 0 rings (SSSR count). The molecule has 372 valence electrons. The first-order valence-corrected chi connectivity index (χ1v) is 27.2. The summed E-state index contributed by atoms with van der Waals surface area (Å²) in [6, 6.07) is 0. The Bertz CT molecular complexity index is 1270. The summed E-state index contributed by atoms with van der Waals surface area (Å²) >= 11 is 0. The second kappa shape index (κ2) is 53.2. The summed E-state index contributed by atoms with van der Waals surface area (Å²) in [5.74, 6) is -0.937. The van der Waals surface area contributed by atoms with Crippen molar-refractivity contribution >= 4 is 17.9 Å². The molecule has 0 heterocycles. The van der Waals surface area contributed by atoms with Gasteiger partial charge in [-0.05, 0) is 64.2 Å². The summed E-state index contributed by atoms with van der Waals surface area (Å²) in [5, 5.41) is 0. The summed E-state index contributed by atoms with van der Waals surface area (Å²) in [7, 11) is 0. The van der Waals surface area contributed by atoms with Gasteiger partial charge in [0.1, 0.15) is 13.2 Å². The first-order chi connectivity index (χ1) is 32.0. The van der Waals surface area contributed by atoms with E-state index in [2.05, 4.69) is 45.1 Å². The Kier molecular flexibility index (Phi) is 50.4. The van der Waals surface area contributed by atoms with Crippen molar-refractivity contribution in [2.75, 3.05) is 13.2 Å². The topological polar surface area (TPSA) is 78.9 Å². The van der Waals surface area contributed by atoms with E-state index >= 15 is 0 Å². The fraction of sp³-hybridized carbons (Fsp3) is 0.712. The second-order valence-corrected chi connectivity index (χ2v) is 17.9. The van der Waals surface area contributed by atoms with Crippen LogP contribution in [0.25, 0.3) is 0 Å². The van der Waals surface area contributed by atoms with Crippen molar-refractivity contribution < 1.29 is 28.6 Å². The molecule has 0 saturated heterocycles. The molecular weight excluding hydrogens is 805 g/mol. The van der Waals surface area contributed by atoms with Crippen LogP contribution in [0.4, 0.5) is 0 Å².